The van der Waals surface area contributed by atoms with Crippen molar-refractivity contribution in [2.75, 3.05) is 5.32 Å². The lowest BCUT2D eigenvalue weighted by atomic mass is 10.2. The first-order valence-electron chi connectivity index (χ1n) is 8.22. The van der Waals surface area contributed by atoms with Gasteiger partial charge in [0.1, 0.15) is 5.82 Å². The maximum absolute atomic E-state index is 12.6. The largest absolute Gasteiger partial charge is 0.326 e. The summed E-state index contributed by atoms with van der Waals surface area (Å²) in [5, 5.41) is 3.14. The Morgan fingerprint density at radius 1 is 1.19 bits per heavy atom. The van der Waals surface area contributed by atoms with Gasteiger partial charge < -0.3 is 5.32 Å². The fraction of sp³-hybridized carbons (Fsp3) is 0.167. The molecule has 0 fully saturated rings. The van der Waals surface area contributed by atoms with Gasteiger partial charge in [-0.15, -0.1) is 0 Å². The van der Waals surface area contributed by atoms with Gasteiger partial charge in [-0.1, -0.05) is 12.1 Å². The van der Waals surface area contributed by atoms with Gasteiger partial charge in [0.25, 0.3) is 5.56 Å². The van der Waals surface area contributed by atoms with Gasteiger partial charge in [-0.05, 0) is 35.9 Å². The second-order valence-corrected chi connectivity index (χ2v) is 8.04. The first-order valence-corrected chi connectivity index (χ1v) is 9.70. The number of fused-ring (bicyclic) bond motifs is 2. The second-order valence-electron chi connectivity index (χ2n) is 6.28. The van der Waals surface area contributed by atoms with E-state index >= 15 is 0 Å². The van der Waals surface area contributed by atoms with Crippen LogP contribution in [0.3, 0.4) is 0 Å². The number of amides is 1. The van der Waals surface area contributed by atoms with E-state index in [4.69, 9.17) is 0 Å². The molecule has 1 aliphatic heterocycles. The van der Waals surface area contributed by atoms with E-state index in [-0.39, 0.29) is 29.3 Å². The highest BCUT2D eigenvalue weighted by atomic mass is 32.2. The summed E-state index contributed by atoms with van der Waals surface area (Å²) in [6.45, 7) is -0.132. The lowest BCUT2D eigenvalue weighted by molar-refractivity contribution is -0.115. The van der Waals surface area contributed by atoms with E-state index in [1.54, 1.807) is 37.4 Å². The average molecular weight is 384 g/mol. The first-order chi connectivity index (χ1) is 12.8. The van der Waals surface area contributed by atoms with Crippen molar-refractivity contribution < 1.29 is 13.2 Å². The molecule has 0 spiro atoms. The Balaban J connectivity index is 1.63. The Bertz CT molecular complexity index is 1250. The van der Waals surface area contributed by atoms with Crippen LogP contribution in [0.15, 0.2) is 52.2 Å². The molecule has 0 saturated heterocycles. The zero-order valence-electron chi connectivity index (χ0n) is 14.4. The van der Waals surface area contributed by atoms with Crippen molar-refractivity contribution in [1.29, 1.82) is 0 Å². The van der Waals surface area contributed by atoms with Crippen LogP contribution < -0.4 is 15.6 Å². The molecular formula is C18H16N4O4S. The molecule has 1 aromatic heterocycles. The Morgan fingerprint density at radius 3 is 2.78 bits per heavy atom. The van der Waals surface area contributed by atoms with Gasteiger partial charge >= 0.3 is 0 Å². The summed E-state index contributed by atoms with van der Waals surface area (Å²) in [6.07, 6.45) is 0.152. The van der Waals surface area contributed by atoms with Crippen molar-refractivity contribution in [3.63, 3.8) is 0 Å². The third kappa shape index (κ3) is 3.11. The molecule has 1 amide bonds. The molecule has 8 nitrogen and oxygen atoms in total. The average Bonchev–Trinajstić information content (AvgIpc) is 3.02. The molecule has 138 valence electrons. The van der Waals surface area contributed by atoms with Gasteiger partial charge in [0.05, 0.1) is 28.8 Å². The van der Waals surface area contributed by atoms with Gasteiger partial charge in [-0.3, -0.25) is 14.2 Å². The summed E-state index contributed by atoms with van der Waals surface area (Å²) >= 11 is 0. The van der Waals surface area contributed by atoms with Crippen molar-refractivity contribution >= 4 is 32.5 Å². The Labute approximate surface area is 154 Å². The van der Waals surface area contributed by atoms with E-state index in [1.165, 1.54) is 16.7 Å². The van der Waals surface area contributed by atoms with Crippen molar-refractivity contribution in [3.05, 3.63) is 64.2 Å². The summed E-state index contributed by atoms with van der Waals surface area (Å²) in [5.74, 6) is 0.142. The number of carbonyl (C=O) groups excluding carboxylic acids is 1. The minimum Gasteiger partial charge on any atom is -0.326 e. The third-order valence-corrected chi connectivity index (χ3v) is 5.91. The van der Waals surface area contributed by atoms with Crippen LogP contribution in [0.4, 0.5) is 5.69 Å². The molecule has 2 heterocycles. The number of carbonyl (C=O) groups is 1. The molecule has 2 aromatic carbocycles. The SMILES string of the molecule is Cn1c(CNS(=O)(=O)c2ccc3c(c2)CC(=O)N3)nc2ccccc2c1=O. The summed E-state index contributed by atoms with van der Waals surface area (Å²) < 4.78 is 29.0. The minimum atomic E-state index is -3.82. The predicted octanol–water partition coefficient (Wildman–Crippen LogP) is 0.907. The molecule has 1 aliphatic rings. The number of nitrogens with one attached hydrogen (secondary N) is 2. The highest BCUT2D eigenvalue weighted by molar-refractivity contribution is 7.89. The smallest absolute Gasteiger partial charge is 0.261 e. The Morgan fingerprint density at radius 2 is 1.96 bits per heavy atom. The molecular weight excluding hydrogens is 368 g/mol. The maximum atomic E-state index is 12.6. The summed E-state index contributed by atoms with van der Waals surface area (Å²) in [6, 6.07) is 11.4. The lowest BCUT2D eigenvalue weighted by Gasteiger charge is -2.11. The van der Waals surface area contributed by atoms with E-state index in [0.29, 0.717) is 28.0 Å². The number of para-hydroxylation sites is 1. The first kappa shape index (κ1) is 17.4. The molecule has 27 heavy (non-hydrogen) atoms. The zero-order valence-corrected chi connectivity index (χ0v) is 15.2. The summed E-state index contributed by atoms with van der Waals surface area (Å²) in [4.78, 5) is 28.3. The van der Waals surface area contributed by atoms with Gasteiger partial charge in [0, 0.05) is 12.7 Å². The van der Waals surface area contributed by atoms with Crippen LogP contribution in [0.1, 0.15) is 11.4 Å². The quantitative estimate of drug-likeness (QED) is 0.695. The van der Waals surface area contributed by atoms with Crippen LogP contribution in [-0.4, -0.2) is 23.9 Å². The molecule has 0 saturated carbocycles. The third-order valence-electron chi connectivity index (χ3n) is 4.51. The second kappa shape index (κ2) is 6.29. The van der Waals surface area contributed by atoms with Crippen molar-refractivity contribution in [2.45, 2.75) is 17.9 Å². The van der Waals surface area contributed by atoms with E-state index in [2.05, 4.69) is 15.0 Å². The van der Waals surface area contributed by atoms with Crippen LogP contribution in [0.5, 0.6) is 0 Å². The Kier molecular flexibility index (Phi) is 4.05. The fourth-order valence-corrected chi connectivity index (χ4v) is 4.07. The Hall–Kier alpha value is -3.04. The van der Waals surface area contributed by atoms with Crippen LogP contribution in [-0.2, 0) is 34.8 Å². The van der Waals surface area contributed by atoms with E-state index in [1.807, 2.05) is 0 Å². The van der Waals surface area contributed by atoms with Crippen LogP contribution >= 0.6 is 0 Å². The summed E-state index contributed by atoms with van der Waals surface area (Å²) in [7, 11) is -2.27. The molecule has 0 unspecified atom stereocenters. The topological polar surface area (TPSA) is 110 Å². The number of sulfonamides is 1. The molecule has 0 atom stereocenters. The molecule has 2 N–H and O–H groups in total. The number of hydrogen-bond donors (Lipinski definition) is 2. The lowest BCUT2D eigenvalue weighted by Crippen LogP contribution is -2.29. The number of anilines is 1. The van der Waals surface area contributed by atoms with Gasteiger partial charge in [-0.25, -0.2) is 18.1 Å². The molecule has 4 rings (SSSR count). The molecule has 0 aliphatic carbocycles. The molecule has 3 aromatic rings. The number of aromatic nitrogens is 2. The fourth-order valence-electron chi connectivity index (χ4n) is 3.04. The summed E-state index contributed by atoms with van der Waals surface area (Å²) in [5.41, 5.74) is 1.53. The number of rotatable bonds is 4. The van der Waals surface area contributed by atoms with Crippen LogP contribution in [0.25, 0.3) is 10.9 Å². The van der Waals surface area contributed by atoms with E-state index in [0.717, 1.165) is 0 Å². The zero-order chi connectivity index (χ0) is 19.2. The maximum Gasteiger partial charge on any atom is 0.261 e. The van der Waals surface area contributed by atoms with Crippen LogP contribution in [0.2, 0.25) is 0 Å². The predicted molar refractivity (Wildman–Crippen MR) is 99.8 cm³/mol. The minimum absolute atomic E-state index is 0.0588. The highest BCUT2D eigenvalue weighted by Gasteiger charge is 2.22. The van der Waals surface area contributed by atoms with Crippen molar-refractivity contribution in [1.82, 2.24) is 14.3 Å². The van der Waals surface area contributed by atoms with Gasteiger partial charge in [-0.2, -0.15) is 0 Å². The van der Waals surface area contributed by atoms with Gasteiger partial charge in [0.2, 0.25) is 15.9 Å². The highest BCUT2D eigenvalue weighted by Crippen LogP contribution is 2.25. The van der Waals surface area contributed by atoms with Crippen molar-refractivity contribution in [2.24, 2.45) is 7.05 Å². The molecule has 0 bridgehead atoms. The number of nitrogens with zero attached hydrogens (tertiary/aromatic N) is 2. The van der Waals surface area contributed by atoms with E-state index in [9.17, 15) is 18.0 Å². The van der Waals surface area contributed by atoms with Crippen molar-refractivity contribution in [3.8, 4) is 0 Å². The van der Waals surface area contributed by atoms with Crippen LogP contribution in [0, 0.1) is 0 Å². The standard InChI is InChI=1S/C18H16N4O4S/c1-22-16(20-15-5-3-2-4-13(15)18(22)24)10-19-27(25,26)12-6-7-14-11(8-12)9-17(23)21-14/h2-8,19H,9-10H2,1H3,(H,21,23). The normalized spacial score (nSPS) is 13.6. The number of hydrogen-bond acceptors (Lipinski definition) is 5. The monoisotopic (exact) mass is 384 g/mol. The number of benzene rings is 2. The van der Waals surface area contributed by atoms with Gasteiger partial charge in [0.15, 0.2) is 0 Å². The molecule has 9 heteroatoms. The van der Waals surface area contributed by atoms with E-state index < -0.39 is 10.0 Å². The molecule has 0 radical (unpaired) electrons.